The van der Waals surface area contributed by atoms with E-state index in [0.717, 1.165) is 18.2 Å². The summed E-state index contributed by atoms with van der Waals surface area (Å²) >= 11 is 3.15. The molecule has 0 radical (unpaired) electrons. The molecular weight excluding hydrogens is 347 g/mol. The van der Waals surface area contributed by atoms with Crippen molar-refractivity contribution in [3.8, 4) is 0 Å². The lowest BCUT2D eigenvalue weighted by Gasteiger charge is -2.15. The average molecular weight is 358 g/mol. The molecule has 1 atom stereocenters. The van der Waals surface area contributed by atoms with E-state index in [1.807, 2.05) is 0 Å². The van der Waals surface area contributed by atoms with Crippen molar-refractivity contribution < 1.29 is 18.0 Å². The van der Waals surface area contributed by atoms with Crippen LogP contribution < -0.4 is 5.32 Å². The molecule has 1 unspecified atom stereocenters. The average Bonchev–Trinajstić information content (AvgIpc) is 2.41. The summed E-state index contributed by atoms with van der Waals surface area (Å²) in [5.74, 6) is -2.82. The van der Waals surface area contributed by atoms with Crippen molar-refractivity contribution in [3.63, 3.8) is 0 Å². The van der Waals surface area contributed by atoms with Crippen molar-refractivity contribution >= 4 is 21.8 Å². The summed E-state index contributed by atoms with van der Waals surface area (Å²) in [6.07, 6.45) is 0. The first kappa shape index (κ1) is 15.6. The van der Waals surface area contributed by atoms with Crippen LogP contribution in [0.4, 0.5) is 13.2 Å². The maximum atomic E-state index is 13.6. The lowest BCUT2D eigenvalue weighted by Crippen LogP contribution is -2.28. The topological polar surface area (TPSA) is 29.1 Å². The fourth-order valence-corrected chi connectivity index (χ4v) is 2.24. The molecule has 0 fully saturated rings. The molecule has 6 heteroatoms. The molecule has 1 N–H and O–H groups in total. The predicted octanol–water partition coefficient (Wildman–Crippen LogP) is 4.36. The number of amides is 1. The first-order chi connectivity index (χ1) is 9.88. The van der Waals surface area contributed by atoms with Gasteiger partial charge in [-0.15, -0.1) is 0 Å². The third-order valence-electron chi connectivity index (χ3n) is 2.95. The molecule has 2 aromatic carbocycles. The zero-order valence-electron chi connectivity index (χ0n) is 11.0. The molecule has 110 valence electrons. The molecule has 0 spiro atoms. The first-order valence-corrected chi connectivity index (χ1v) is 6.88. The maximum absolute atomic E-state index is 13.6. The Balaban J connectivity index is 2.20. The van der Waals surface area contributed by atoms with Crippen LogP contribution in [0.2, 0.25) is 0 Å². The van der Waals surface area contributed by atoms with Crippen molar-refractivity contribution in [2.24, 2.45) is 0 Å². The Morgan fingerprint density at radius 1 is 1.10 bits per heavy atom. The molecule has 0 aliphatic rings. The molecule has 0 aliphatic heterocycles. The molecule has 0 aliphatic carbocycles. The maximum Gasteiger partial charge on any atom is 0.254 e. The molecule has 2 aromatic rings. The van der Waals surface area contributed by atoms with Gasteiger partial charge in [-0.25, -0.2) is 13.2 Å². The van der Waals surface area contributed by atoms with Crippen LogP contribution in [0.5, 0.6) is 0 Å². The Kier molecular flexibility index (Phi) is 4.67. The lowest BCUT2D eigenvalue weighted by atomic mass is 10.1. The van der Waals surface area contributed by atoms with Crippen molar-refractivity contribution in [1.82, 2.24) is 5.32 Å². The highest BCUT2D eigenvalue weighted by molar-refractivity contribution is 9.10. The van der Waals surface area contributed by atoms with Crippen LogP contribution in [0.15, 0.2) is 40.9 Å². The van der Waals surface area contributed by atoms with Crippen LogP contribution in [0, 0.1) is 17.5 Å². The zero-order valence-corrected chi connectivity index (χ0v) is 12.5. The summed E-state index contributed by atoms with van der Waals surface area (Å²) in [6.45, 7) is 1.53. The molecular formula is C15H11BrF3NO. The van der Waals surface area contributed by atoms with Crippen LogP contribution in [0.25, 0.3) is 0 Å². The van der Waals surface area contributed by atoms with Crippen molar-refractivity contribution in [3.05, 3.63) is 69.4 Å². The van der Waals surface area contributed by atoms with Gasteiger partial charge in [0, 0.05) is 16.1 Å². The van der Waals surface area contributed by atoms with Crippen LogP contribution in [-0.2, 0) is 0 Å². The number of hydrogen-bond acceptors (Lipinski definition) is 1. The number of rotatable bonds is 3. The standard InChI is InChI=1S/C15H11BrF3NO/c1-8(11-4-3-10(17)7-14(11)19)20-15(21)12-6-9(16)2-5-13(12)18/h2-8H,1H3,(H,20,21). The Hall–Kier alpha value is -1.82. The summed E-state index contributed by atoms with van der Waals surface area (Å²) in [6, 6.07) is 6.30. The summed E-state index contributed by atoms with van der Waals surface area (Å²) in [7, 11) is 0. The van der Waals surface area contributed by atoms with Gasteiger partial charge in [0.15, 0.2) is 0 Å². The van der Waals surface area contributed by atoms with Gasteiger partial charge in [-0.3, -0.25) is 4.79 Å². The van der Waals surface area contributed by atoms with Crippen LogP contribution in [-0.4, -0.2) is 5.91 Å². The molecule has 2 nitrogen and oxygen atoms in total. The van der Waals surface area contributed by atoms with E-state index in [9.17, 15) is 18.0 Å². The quantitative estimate of drug-likeness (QED) is 0.868. The molecule has 0 bridgehead atoms. The summed E-state index contributed by atoms with van der Waals surface area (Å²) in [4.78, 5) is 12.0. The highest BCUT2D eigenvalue weighted by Crippen LogP contribution is 2.20. The Labute approximate surface area is 128 Å². The normalized spacial score (nSPS) is 12.0. The molecule has 21 heavy (non-hydrogen) atoms. The second-order valence-corrected chi connectivity index (χ2v) is 5.40. The Morgan fingerprint density at radius 3 is 2.48 bits per heavy atom. The SMILES string of the molecule is CC(NC(=O)c1cc(Br)ccc1F)c1ccc(F)cc1F. The second kappa shape index (κ2) is 6.30. The van der Waals surface area contributed by atoms with E-state index >= 15 is 0 Å². The molecule has 0 aromatic heterocycles. The van der Waals surface area contributed by atoms with Gasteiger partial charge in [0.05, 0.1) is 11.6 Å². The van der Waals surface area contributed by atoms with E-state index in [1.54, 1.807) is 0 Å². The number of halogens is 4. The van der Waals surface area contributed by atoms with E-state index in [1.165, 1.54) is 25.1 Å². The van der Waals surface area contributed by atoms with Crippen LogP contribution in [0.3, 0.4) is 0 Å². The van der Waals surface area contributed by atoms with Crippen molar-refractivity contribution in [1.29, 1.82) is 0 Å². The smallest absolute Gasteiger partial charge is 0.254 e. The predicted molar refractivity (Wildman–Crippen MR) is 76.3 cm³/mol. The number of carbonyl (C=O) groups excluding carboxylic acids is 1. The summed E-state index contributed by atoms with van der Waals surface area (Å²) < 4.78 is 40.6. The van der Waals surface area contributed by atoms with Gasteiger partial charge < -0.3 is 5.32 Å². The fourth-order valence-electron chi connectivity index (χ4n) is 1.88. The van der Waals surface area contributed by atoms with E-state index in [0.29, 0.717) is 4.47 Å². The third kappa shape index (κ3) is 3.64. The number of nitrogens with one attached hydrogen (secondary N) is 1. The highest BCUT2D eigenvalue weighted by atomic mass is 79.9. The van der Waals surface area contributed by atoms with Gasteiger partial charge >= 0.3 is 0 Å². The van der Waals surface area contributed by atoms with Gasteiger partial charge in [-0.05, 0) is 31.2 Å². The third-order valence-corrected chi connectivity index (χ3v) is 3.44. The zero-order chi connectivity index (χ0) is 15.6. The van der Waals surface area contributed by atoms with Crippen LogP contribution >= 0.6 is 15.9 Å². The molecule has 1 amide bonds. The number of benzene rings is 2. The van der Waals surface area contributed by atoms with Gasteiger partial charge in [-0.1, -0.05) is 22.0 Å². The van der Waals surface area contributed by atoms with E-state index < -0.39 is 29.4 Å². The lowest BCUT2D eigenvalue weighted by molar-refractivity contribution is 0.0935. The minimum Gasteiger partial charge on any atom is -0.345 e. The van der Waals surface area contributed by atoms with E-state index in [-0.39, 0.29) is 11.1 Å². The van der Waals surface area contributed by atoms with E-state index in [4.69, 9.17) is 0 Å². The Morgan fingerprint density at radius 2 is 1.81 bits per heavy atom. The monoisotopic (exact) mass is 357 g/mol. The molecule has 2 rings (SSSR count). The number of carbonyl (C=O) groups is 1. The summed E-state index contributed by atoms with van der Waals surface area (Å²) in [5.41, 5.74) is -0.0288. The minimum atomic E-state index is -0.766. The van der Waals surface area contributed by atoms with Gasteiger partial charge in [0.2, 0.25) is 0 Å². The minimum absolute atomic E-state index is 0.125. The van der Waals surface area contributed by atoms with E-state index in [2.05, 4.69) is 21.2 Å². The molecule has 0 heterocycles. The molecule has 0 saturated heterocycles. The van der Waals surface area contributed by atoms with Crippen molar-refractivity contribution in [2.75, 3.05) is 0 Å². The van der Waals surface area contributed by atoms with Gasteiger partial charge in [-0.2, -0.15) is 0 Å². The Bertz CT molecular complexity index is 691. The van der Waals surface area contributed by atoms with Crippen LogP contribution in [0.1, 0.15) is 28.9 Å². The highest BCUT2D eigenvalue weighted by Gasteiger charge is 2.18. The molecule has 0 saturated carbocycles. The fraction of sp³-hybridized carbons (Fsp3) is 0.133. The largest absolute Gasteiger partial charge is 0.345 e. The number of hydrogen-bond donors (Lipinski definition) is 1. The van der Waals surface area contributed by atoms with Gasteiger partial charge in [0.1, 0.15) is 17.5 Å². The second-order valence-electron chi connectivity index (χ2n) is 4.49. The van der Waals surface area contributed by atoms with Gasteiger partial charge in [0.25, 0.3) is 5.91 Å². The first-order valence-electron chi connectivity index (χ1n) is 6.09. The van der Waals surface area contributed by atoms with Crippen molar-refractivity contribution in [2.45, 2.75) is 13.0 Å². The summed E-state index contributed by atoms with van der Waals surface area (Å²) in [5, 5.41) is 2.48.